The highest BCUT2D eigenvalue weighted by Crippen LogP contribution is 2.30. The molecule has 0 aromatic heterocycles. The second-order valence-electron chi connectivity index (χ2n) is 7.98. The lowest BCUT2D eigenvalue weighted by Crippen LogP contribution is -2.46. The fourth-order valence-corrected chi connectivity index (χ4v) is 3.73. The Morgan fingerprint density at radius 1 is 1.00 bits per heavy atom. The van der Waals surface area contributed by atoms with Gasteiger partial charge in [-0.1, -0.05) is 62.4 Å². The zero-order valence-electron chi connectivity index (χ0n) is 16.0. The molecule has 0 saturated carbocycles. The molecule has 3 rings (SSSR count). The lowest BCUT2D eigenvalue weighted by Gasteiger charge is -2.39. The molecule has 0 aliphatic carbocycles. The van der Waals surface area contributed by atoms with E-state index in [9.17, 15) is 5.11 Å². The summed E-state index contributed by atoms with van der Waals surface area (Å²) in [6.07, 6.45) is 2.31. The van der Waals surface area contributed by atoms with Crippen LogP contribution >= 0.6 is 0 Å². The number of para-hydroxylation sites is 1. The van der Waals surface area contributed by atoms with E-state index in [1.165, 1.54) is 0 Å². The van der Waals surface area contributed by atoms with Gasteiger partial charge in [0.2, 0.25) is 0 Å². The molecule has 0 atom stereocenters. The summed E-state index contributed by atoms with van der Waals surface area (Å²) in [7, 11) is 0. The van der Waals surface area contributed by atoms with Gasteiger partial charge in [-0.25, -0.2) is 0 Å². The van der Waals surface area contributed by atoms with Gasteiger partial charge in [0.1, 0.15) is 12.4 Å². The molecule has 1 fully saturated rings. The van der Waals surface area contributed by atoms with E-state index in [1.807, 2.05) is 36.4 Å². The second kappa shape index (κ2) is 8.70. The van der Waals surface area contributed by atoms with Crippen molar-refractivity contribution >= 4 is 0 Å². The SMILES string of the molecule is CC(C)CN1CCC(O)(Cc2ccccc2OCc2ccccc2)CC1. The number of ether oxygens (including phenoxy) is 1. The van der Waals surface area contributed by atoms with E-state index in [4.69, 9.17) is 4.74 Å². The molecule has 2 aromatic rings. The van der Waals surface area contributed by atoms with Gasteiger partial charge < -0.3 is 14.7 Å². The van der Waals surface area contributed by atoms with Crippen LogP contribution in [0.1, 0.15) is 37.8 Å². The summed E-state index contributed by atoms with van der Waals surface area (Å²) in [6.45, 7) is 8.12. The summed E-state index contributed by atoms with van der Waals surface area (Å²) in [5.74, 6) is 1.56. The molecule has 1 heterocycles. The molecule has 0 bridgehead atoms. The topological polar surface area (TPSA) is 32.7 Å². The van der Waals surface area contributed by atoms with Crippen molar-refractivity contribution in [2.24, 2.45) is 5.92 Å². The van der Waals surface area contributed by atoms with E-state index >= 15 is 0 Å². The predicted octanol–water partition coefficient (Wildman–Crippen LogP) is 4.29. The summed E-state index contributed by atoms with van der Waals surface area (Å²) in [6, 6.07) is 18.3. The molecule has 140 valence electrons. The summed E-state index contributed by atoms with van der Waals surface area (Å²) in [5.41, 5.74) is 1.63. The van der Waals surface area contributed by atoms with Gasteiger partial charge in [0.25, 0.3) is 0 Å². The highest BCUT2D eigenvalue weighted by Gasteiger charge is 2.33. The Labute approximate surface area is 157 Å². The maximum atomic E-state index is 11.1. The Morgan fingerprint density at radius 3 is 2.35 bits per heavy atom. The number of benzene rings is 2. The molecule has 26 heavy (non-hydrogen) atoms. The third-order valence-corrected chi connectivity index (χ3v) is 5.14. The van der Waals surface area contributed by atoms with Gasteiger partial charge in [0.15, 0.2) is 0 Å². The maximum Gasteiger partial charge on any atom is 0.123 e. The number of rotatable bonds is 7. The molecular formula is C23H31NO2. The normalized spacial score (nSPS) is 17.4. The van der Waals surface area contributed by atoms with Crippen LogP contribution in [-0.2, 0) is 13.0 Å². The van der Waals surface area contributed by atoms with Gasteiger partial charge >= 0.3 is 0 Å². The van der Waals surface area contributed by atoms with E-state index < -0.39 is 5.60 Å². The molecule has 3 nitrogen and oxygen atoms in total. The molecule has 2 aromatic carbocycles. The number of likely N-dealkylation sites (tertiary alicyclic amines) is 1. The molecule has 1 N–H and O–H groups in total. The Bertz CT molecular complexity index is 676. The molecule has 0 unspecified atom stereocenters. The van der Waals surface area contributed by atoms with Crippen LogP contribution in [0.2, 0.25) is 0 Å². The maximum absolute atomic E-state index is 11.1. The largest absolute Gasteiger partial charge is 0.489 e. The minimum absolute atomic E-state index is 0.554. The third kappa shape index (κ3) is 5.33. The van der Waals surface area contributed by atoms with Gasteiger partial charge in [-0.3, -0.25) is 0 Å². The van der Waals surface area contributed by atoms with Gasteiger partial charge in [-0.05, 0) is 36.0 Å². The quantitative estimate of drug-likeness (QED) is 0.806. The number of nitrogens with zero attached hydrogens (tertiary/aromatic N) is 1. The standard InChI is InChI=1S/C23H31NO2/c1-19(2)17-24-14-12-23(25,13-15-24)16-21-10-6-7-11-22(21)26-18-20-8-4-3-5-9-20/h3-11,19,25H,12-18H2,1-2H3. The van der Waals surface area contributed by atoms with Crippen molar-refractivity contribution < 1.29 is 9.84 Å². The lowest BCUT2D eigenvalue weighted by molar-refractivity contribution is -0.0231. The first-order chi connectivity index (χ1) is 12.5. The van der Waals surface area contributed by atoms with Gasteiger partial charge in [0, 0.05) is 26.1 Å². The lowest BCUT2D eigenvalue weighted by atomic mass is 9.85. The van der Waals surface area contributed by atoms with E-state index in [0.717, 1.165) is 49.4 Å². The molecule has 0 radical (unpaired) electrons. The first-order valence-electron chi connectivity index (χ1n) is 9.73. The Kier molecular flexibility index (Phi) is 6.33. The van der Waals surface area contributed by atoms with Crippen molar-refractivity contribution in [3.05, 3.63) is 65.7 Å². The van der Waals surface area contributed by atoms with Crippen LogP contribution in [0.3, 0.4) is 0 Å². The molecule has 0 spiro atoms. The first-order valence-corrected chi connectivity index (χ1v) is 9.73. The Morgan fingerprint density at radius 2 is 1.65 bits per heavy atom. The van der Waals surface area contributed by atoms with Crippen molar-refractivity contribution in [2.45, 2.75) is 45.3 Å². The van der Waals surface area contributed by atoms with Crippen LogP contribution in [0.15, 0.2) is 54.6 Å². The summed E-state index contributed by atoms with van der Waals surface area (Å²) in [4.78, 5) is 2.47. The zero-order valence-corrected chi connectivity index (χ0v) is 16.0. The third-order valence-electron chi connectivity index (χ3n) is 5.14. The molecule has 0 amide bonds. The zero-order chi connectivity index (χ0) is 18.4. The van der Waals surface area contributed by atoms with Crippen molar-refractivity contribution in [1.82, 2.24) is 4.90 Å². The summed E-state index contributed by atoms with van der Waals surface area (Å²) in [5, 5.41) is 11.1. The van der Waals surface area contributed by atoms with Crippen LogP contribution in [-0.4, -0.2) is 35.2 Å². The second-order valence-corrected chi connectivity index (χ2v) is 7.98. The fraction of sp³-hybridized carbons (Fsp3) is 0.478. The number of aliphatic hydroxyl groups is 1. The average Bonchev–Trinajstić information content (AvgIpc) is 2.64. The van der Waals surface area contributed by atoms with Crippen LogP contribution in [0.25, 0.3) is 0 Å². The predicted molar refractivity (Wildman–Crippen MR) is 106 cm³/mol. The van der Waals surface area contributed by atoms with E-state index in [2.05, 4.69) is 36.9 Å². The fourth-order valence-electron chi connectivity index (χ4n) is 3.73. The van der Waals surface area contributed by atoms with Gasteiger partial charge in [-0.2, -0.15) is 0 Å². The van der Waals surface area contributed by atoms with Crippen LogP contribution < -0.4 is 4.74 Å². The summed E-state index contributed by atoms with van der Waals surface area (Å²) < 4.78 is 6.06. The average molecular weight is 354 g/mol. The highest BCUT2D eigenvalue weighted by atomic mass is 16.5. The highest BCUT2D eigenvalue weighted by molar-refractivity contribution is 5.35. The molecule has 1 aliphatic rings. The number of hydrogen-bond donors (Lipinski definition) is 1. The van der Waals surface area contributed by atoms with Gasteiger partial charge in [0.05, 0.1) is 5.60 Å². The minimum atomic E-state index is -0.625. The molecule has 3 heteroatoms. The minimum Gasteiger partial charge on any atom is -0.489 e. The van der Waals surface area contributed by atoms with Crippen LogP contribution in [0.4, 0.5) is 0 Å². The van der Waals surface area contributed by atoms with Crippen molar-refractivity contribution in [2.75, 3.05) is 19.6 Å². The van der Waals surface area contributed by atoms with E-state index in [1.54, 1.807) is 0 Å². The first kappa shape index (κ1) is 18.9. The number of hydrogen-bond acceptors (Lipinski definition) is 3. The van der Waals surface area contributed by atoms with E-state index in [-0.39, 0.29) is 0 Å². The monoisotopic (exact) mass is 353 g/mol. The Balaban J connectivity index is 1.61. The molecular weight excluding hydrogens is 322 g/mol. The molecule has 1 aliphatic heterocycles. The molecule has 1 saturated heterocycles. The van der Waals surface area contributed by atoms with E-state index in [0.29, 0.717) is 18.9 Å². The van der Waals surface area contributed by atoms with Crippen LogP contribution in [0, 0.1) is 5.92 Å². The van der Waals surface area contributed by atoms with Crippen molar-refractivity contribution in [3.63, 3.8) is 0 Å². The number of piperidine rings is 1. The Hall–Kier alpha value is -1.84. The smallest absolute Gasteiger partial charge is 0.123 e. The summed E-state index contributed by atoms with van der Waals surface area (Å²) >= 11 is 0. The van der Waals surface area contributed by atoms with Crippen LogP contribution in [0.5, 0.6) is 5.75 Å². The van der Waals surface area contributed by atoms with Crippen molar-refractivity contribution in [1.29, 1.82) is 0 Å². The van der Waals surface area contributed by atoms with Gasteiger partial charge in [-0.15, -0.1) is 0 Å². The van der Waals surface area contributed by atoms with Crippen molar-refractivity contribution in [3.8, 4) is 5.75 Å².